The topological polar surface area (TPSA) is 109 Å². The van der Waals surface area contributed by atoms with Crippen LogP contribution in [0, 0.1) is 17.0 Å². The molecule has 0 fully saturated rings. The van der Waals surface area contributed by atoms with Gasteiger partial charge in [-0.15, -0.1) is 0 Å². The van der Waals surface area contributed by atoms with Crippen LogP contribution in [-0.2, 0) is 4.79 Å². The fourth-order valence-corrected chi connectivity index (χ4v) is 2.57. The zero-order chi connectivity index (χ0) is 20.1. The number of aromatic nitrogens is 2. The van der Waals surface area contributed by atoms with Gasteiger partial charge in [0.1, 0.15) is 5.82 Å². The summed E-state index contributed by atoms with van der Waals surface area (Å²) in [5.74, 6) is 0.456. The van der Waals surface area contributed by atoms with Crippen molar-refractivity contribution in [3.8, 4) is 17.2 Å². The second kappa shape index (κ2) is 8.21. The largest absolute Gasteiger partial charge is 0.493 e. The van der Waals surface area contributed by atoms with E-state index in [2.05, 4.69) is 10.4 Å². The van der Waals surface area contributed by atoms with Crippen molar-refractivity contribution in [1.29, 1.82) is 0 Å². The summed E-state index contributed by atoms with van der Waals surface area (Å²) < 4.78 is 12.2. The van der Waals surface area contributed by atoms with E-state index in [4.69, 9.17) is 9.47 Å². The lowest BCUT2D eigenvalue weighted by Gasteiger charge is -2.11. The van der Waals surface area contributed by atoms with Gasteiger partial charge in [0.15, 0.2) is 18.1 Å². The summed E-state index contributed by atoms with van der Waals surface area (Å²) in [4.78, 5) is 22.7. The van der Waals surface area contributed by atoms with E-state index >= 15 is 0 Å². The van der Waals surface area contributed by atoms with Crippen molar-refractivity contribution < 1.29 is 19.2 Å². The molecule has 0 radical (unpaired) electrons. The normalized spacial score (nSPS) is 10.4. The Morgan fingerprint density at radius 3 is 2.61 bits per heavy atom. The highest BCUT2D eigenvalue weighted by atomic mass is 16.6. The van der Waals surface area contributed by atoms with E-state index in [1.54, 1.807) is 10.7 Å². The Labute approximate surface area is 160 Å². The number of amides is 1. The van der Waals surface area contributed by atoms with Crippen LogP contribution in [0.4, 0.5) is 11.5 Å². The number of methoxy groups -OCH3 is 1. The van der Waals surface area contributed by atoms with Crippen molar-refractivity contribution in [2.24, 2.45) is 0 Å². The van der Waals surface area contributed by atoms with Crippen LogP contribution in [0.3, 0.4) is 0 Å². The Balaban J connectivity index is 1.72. The number of para-hydroxylation sites is 1. The van der Waals surface area contributed by atoms with Crippen molar-refractivity contribution in [2.45, 2.75) is 6.92 Å². The van der Waals surface area contributed by atoms with E-state index < -0.39 is 10.8 Å². The van der Waals surface area contributed by atoms with E-state index in [0.29, 0.717) is 11.6 Å². The number of nitro benzene ring substituents is 1. The van der Waals surface area contributed by atoms with E-state index in [9.17, 15) is 14.9 Å². The van der Waals surface area contributed by atoms with Crippen LogP contribution in [0.15, 0.2) is 54.6 Å². The number of carbonyl (C=O) groups excluding carboxylic acids is 1. The van der Waals surface area contributed by atoms with Crippen molar-refractivity contribution in [3.63, 3.8) is 0 Å². The molecule has 1 aromatic heterocycles. The Kier molecular flexibility index (Phi) is 5.54. The average molecular weight is 382 g/mol. The minimum atomic E-state index is -0.548. The molecule has 0 saturated carbocycles. The summed E-state index contributed by atoms with van der Waals surface area (Å²) in [6.45, 7) is 1.47. The molecule has 1 N–H and O–H groups in total. The van der Waals surface area contributed by atoms with Crippen LogP contribution in [0.1, 0.15) is 5.69 Å². The first kappa shape index (κ1) is 18.9. The smallest absolute Gasteiger partial charge is 0.273 e. The van der Waals surface area contributed by atoms with E-state index in [-0.39, 0.29) is 18.0 Å². The molecular formula is C19H18N4O5. The molecule has 0 spiro atoms. The maximum absolute atomic E-state index is 12.3. The van der Waals surface area contributed by atoms with Crippen LogP contribution < -0.4 is 14.8 Å². The second-order valence-electron chi connectivity index (χ2n) is 5.85. The van der Waals surface area contributed by atoms with E-state index in [1.807, 2.05) is 37.3 Å². The third-order valence-electron chi connectivity index (χ3n) is 3.82. The fraction of sp³-hybridized carbons (Fsp3) is 0.158. The van der Waals surface area contributed by atoms with Crippen LogP contribution in [-0.4, -0.2) is 34.3 Å². The Bertz CT molecular complexity index is 1000. The van der Waals surface area contributed by atoms with Gasteiger partial charge in [-0.05, 0) is 25.1 Å². The second-order valence-corrected chi connectivity index (χ2v) is 5.85. The van der Waals surface area contributed by atoms with Gasteiger partial charge in [0.05, 0.1) is 29.5 Å². The Morgan fingerprint density at radius 1 is 1.18 bits per heavy atom. The molecule has 3 aromatic rings. The summed E-state index contributed by atoms with van der Waals surface area (Å²) >= 11 is 0. The van der Waals surface area contributed by atoms with Gasteiger partial charge < -0.3 is 14.8 Å². The van der Waals surface area contributed by atoms with Gasteiger partial charge in [0, 0.05) is 12.1 Å². The fourth-order valence-electron chi connectivity index (χ4n) is 2.57. The number of anilines is 1. The molecule has 1 amide bonds. The highest BCUT2D eigenvalue weighted by molar-refractivity contribution is 5.91. The van der Waals surface area contributed by atoms with Gasteiger partial charge in [0.25, 0.3) is 11.6 Å². The van der Waals surface area contributed by atoms with Crippen molar-refractivity contribution >= 4 is 17.4 Å². The molecule has 0 atom stereocenters. The number of rotatable bonds is 7. The number of nitro groups is 1. The van der Waals surface area contributed by atoms with Crippen LogP contribution in [0.2, 0.25) is 0 Å². The Morgan fingerprint density at radius 2 is 1.93 bits per heavy atom. The monoisotopic (exact) mass is 382 g/mol. The maximum atomic E-state index is 12.3. The lowest BCUT2D eigenvalue weighted by atomic mass is 10.3. The number of nitrogens with one attached hydrogen (secondary N) is 1. The predicted octanol–water partition coefficient (Wildman–Crippen LogP) is 3.12. The quantitative estimate of drug-likeness (QED) is 0.497. The number of carbonyl (C=O) groups is 1. The van der Waals surface area contributed by atoms with Crippen molar-refractivity contribution in [3.05, 3.63) is 70.4 Å². The molecule has 9 heteroatoms. The number of non-ortho nitro benzene ring substituents is 1. The molecule has 0 aliphatic carbocycles. The van der Waals surface area contributed by atoms with Crippen LogP contribution in [0.5, 0.6) is 11.5 Å². The summed E-state index contributed by atoms with van der Waals surface area (Å²) in [7, 11) is 1.41. The standard InChI is InChI=1S/C19H18N4O5/c1-13-10-18(22(21-13)14-6-4-3-5-7-14)20-19(24)12-28-17-11-15(23(25)26)8-9-16(17)27-2/h3-11H,12H2,1-2H3,(H,20,24). The number of nitrogens with zero attached hydrogens (tertiary/aromatic N) is 3. The lowest BCUT2D eigenvalue weighted by Crippen LogP contribution is -2.22. The van der Waals surface area contributed by atoms with Gasteiger partial charge in [-0.25, -0.2) is 4.68 Å². The third kappa shape index (κ3) is 4.26. The minimum Gasteiger partial charge on any atom is -0.493 e. The first-order valence-corrected chi connectivity index (χ1v) is 8.35. The number of hydrogen-bond acceptors (Lipinski definition) is 6. The zero-order valence-electron chi connectivity index (χ0n) is 15.3. The molecular weight excluding hydrogens is 364 g/mol. The predicted molar refractivity (Wildman–Crippen MR) is 102 cm³/mol. The van der Waals surface area contributed by atoms with Gasteiger partial charge in [-0.3, -0.25) is 14.9 Å². The molecule has 144 valence electrons. The Hall–Kier alpha value is -3.88. The molecule has 1 heterocycles. The molecule has 2 aromatic carbocycles. The number of ether oxygens (including phenoxy) is 2. The number of hydrogen-bond donors (Lipinski definition) is 1. The molecule has 9 nitrogen and oxygen atoms in total. The van der Waals surface area contributed by atoms with E-state index in [1.165, 1.54) is 25.3 Å². The molecule has 0 aliphatic heterocycles. The highest BCUT2D eigenvalue weighted by Crippen LogP contribution is 2.31. The molecule has 0 unspecified atom stereocenters. The van der Waals surface area contributed by atoms with Crippen molar-refractivity contribution in [2.75, 3.05) is 19.0 Å². The molecule has 0 bridgehead atoms. The van der Waals surface area contributed by atoms with Crippen molar-refractivity contribution in [1.82, 2.24) is 9.78 Å². The lowest BCUT2D eigenvalue weighted by molar-refractivity contribution is -0.385. The summed E-state index contributed by atoms with van der Waals surface area (Å²) in [5.41, 5.74) is 1.38. The summed E-state index contributed by atoms with van der Waals surface area (Å²) in [5, 5.41) is 18.0. The average Bonchev–Trinajstić information content (AvgIpc) is 3.06. The molecule has 0 saturated heterocycles. The van der Waals surface area contributed by atoms with Gasteiger partial charge in [-0.1, -0.05) is 18.2 Å². The van der Waals surface area contributed by atoms with Gasteiger partial charge in [-0.2, -0.15) is 5.10 Å². The number of aryl methyl sites for hydroxylation is 1. The third-order valence-corrected chi connectivity index (χ3v) is 3.82. The first-order chi connectivity index (χ1) is 13.5. The molecule has 0 aliphatic rings. The minimum absolute atomic E-state index is 0.111. The highest BCUT2D eigenvalue weighted by Gasteiger charge is 2.15. The summed E-state index contributed by atoms with van der Waals surface area (Å²) in [6.07, 6.45) is 0. The van der Waals surface area contributed by atoms with Gasteiger partial charge in [0.2, 0.25) is 0 Å². The first-order valence-electron chi connectivity index (χ1n) is 8.35. The number of benzene rings is 2. The van der Waals surface area contributed by atoms with E-state index in [0.717, 1.165) is 11.4 Å². The van der Waals surface area contributed by atoms with Crippen LogP contribution in [0.25, 0.3) is 5.69 Å². The van der Waals surface area contributed by atoms with Gasteiger partial charge >= 0.3 is 0 Å². The summed E-state index contributed by atoms with van der Waals surface area (Å²) in [6, 6.07) is 15.0. The SMILES string of the molecule is COc1ccc([N+](=O)[O-])cc1OCC(=O)Nc1cc(C)nn1-c1ccccc1. The van der Waals surface area contributed by atoms with Crippen LogP contribution >= 0.6 is 0 Å². The molecule has 28 heavy (non-hydrogen) atoms. The zero-order valence-corrected chi connectivity index (χ0v) is 15.3. The molecule has 3 rings (SSSR count). The maximum Gasteiger partial charge on any atom is 0.273 e.